The number of methoxy groups -OCH3 is 1. The maximum atomic E-state index is 15.0. The first-order valence-electron chi connectivity index (χ1n) is 12.1. The molecule has 1 aliphatic rings. The molecule has 0 spiro atoms. The van der Waals surface area contributed by atoms with Crippen molar-refractivity contribution in [3.05, 3.63) is 59.9 Å². The number of anilines is 3. The van der Waals surface area contributed by atoms with E-state index in [1.807, 2.05) is 24.0 Å². The van der Waals surface area contributed by atoms with Gasteiger partial charge in [-0.25, -0.2) is 19.0 Å². The van der Waals surface area contributed by atoms with Gasteiger partial charge in [-0.2, -0.15) is 0 Å². The van der Waals surface area contributed by atoms with Gasteiger partial charge < -0.3 is 25.0 Å². The number of tetrazole rings is 1. The number of benzene rings is 2. The van der Waals surface area contributed by atoms with Crippen molar-refractivity contribution in [3.8, 4) is 22.6 Å². The van der Waals surface area contributed by atoms with E-state index in [-0.39, 0.29) is 11.9 Å². The van der Waals surface area contributed by atoms with Crippen molar-refractivity contribution < 1.29 is 13.9 Å². The van der Waals surface area contributed by atoms with Gasteiger partial charge in [0.1, 0.15) is 29.7 Å². The van der Waals surface area contributed by atoms with Crippen LogP contribution in [0, 0.1) is 5.82 Å². The van der Waals surface area contributed by atoms with Gasteiger partial charge in [0, 0.05) is 56.3 Å². The van der Waals surface area contributed by atoms with Gasteiger partial charge >= 0.3 is 0 Å². The van der Waals surface area contributed by atoms with E-state index in [0.717, 1.165) is 37.3 Å². The molecule has 1 fully saturated rings. The van der Waals surface area contributed by atoms with Crippen molar-refractivity contribution in [1.29, 1.82) is 0 Å². The van der Waals surface area contributed by atoms with Crippen molar-refractivity contribution in [2.45, 2.75) is 19.6 Å². The molecule has 1 unspecified atom stereocenters. The molecular formula is C25H27ClFN9O2. The summed E-state index contributed by atoms with van der Waals surface area (Å²) in [5.74, 6) is 0.997. The molecule has 0 saturated carbocycles. The van der Waals surface area contributed by atoms with Crippen molar-refractivity contribution in [1.82, 2.24) is 35.5 Å². The second kappa shape index (κ2) is 11.6. The third-order valence-corrected chi connectivity index (χ3v) is 6.37. The number of hydrogen-bond donors (Lipinski definition) is 2. The van der Waals surface area contributed by atoms with Crippen LogP contribution >= 0.6 is 11.6 Å². The Hall–Kier alpha value is -4.03. The van der Waals surface area contributed by atoms with E-state index < -0.39 is 0 Å². The van der Waals surface area contributed by atoms with Crippen LogP contribution in [-0.2, 0) is 6.54 Å². The minimum atomic E-state index is -0.338. The van der Waals surface area contributed by atoms with Gasteiger partial charge in [-0.05, 0) is 35.0 Å². The Kier molecular flexibility index (Phi) is 7.80. The van der Waals surface area contributed by atoms with Gasteiger partial charge in [0.05, 0.1) is 30.1 Å². The maximum Gasteiger partial charge on any atom is 0.227 e. The highest BCUT2D eigenvalue weighted by Gasteiger charge is 2.19. The number of halogens is 2. The summed E-state index contributed by atoms with van der Waals surface area (Å²) in [6.45, 7) is 5.45. The number of ether oxygens (including phenoxy) is 2. The standard InChI is InChI=1S/C25H27ClFN9O2/c1-16(14-36-15-31-33-34-36)38-23-9-17(3-4-19(23)26)18-12-29-25(30-13-18)32-21-10-20(27)22(11-24(21)37-2)35-7-5-28-6-8-35/h3-4,9-13,15-16,28H,5-8,14H2,1-2H3,(H,29,30,32). The summed E-state index contributed by atoms with van der Waals surface area (Å²) in [5, 5.41) is 17.9. The van der Waals surface area contributed by atoms with Crippen molar-refractivity contribution in [2.24, 2.45) is 0 Å². The molecule has 3 heterocycles. The molecule has 5 rings (SSSR count). The summed E-state index contributed by atoms with van der Waals surface area (Å²) in [4.78, 5) is 10.8. The quantitative estimate of drug-likeness (QED) is 0.327. The maximum absolute atomic E-state index is 15.0. The van der Waals surface area contributed by atoms with Crippen molar-refractivity contribution in [3.63, 3.8) is 0 Å². The fraction of sp³-hybridized carbons (Fsp3) is 0.320. The Morgan fingerprint density at radius 3 is 2.61 bits per heavy atom. The Morgan fingerprint density at radius 2 is 1.89 bits per heavy atom. The second-order valence-corrected chi connectivity index (χ2v) is 9.17. The van der Waals surface area contributed by atoms with E-state index >= 15 is 0 Å². The smallest absolute Gasteiger partial charge is 0.227 e. The Bertz CT molecular complexity index is 1370. The van der Waals surface area contributed by atoms with E-state index in [2.05, 4.69) is 36.1 Å². The Morgan fingerprint density at radius 1 is 1.11 bits per heavy atom. The monoisotopic (exact) mass is 539 g/mol. The highest BCUT2D eigenvalue weighted by Crippen LogP contribution is 2.35. The summed E-state index contributed by atoms with van der Waals surface area (Å²) in [6, 6.07) is 8.56. The predicted octanol–water partition coefficient (Wildman–Crippen LogP) is 3.55. The second-order valence-electron chi connectivity index (χ2n) is 8.77. The summed E-state index contributed by atoms with van der Waals surface area (Å²) in [7, 11) is 1.55. The summed E-state index contributed by atoms with van der Waals surface area (Å²) >= 11 is 6.37. The Balaban J connectivity index is 1.30. The molecule has 38 heavy (non-hydrogen) atoms. The minimum Gasteiger partial charge on any atom is -0.494 e. The first kappa shape index (κ1) is 25.6. The van der Waals surface area contributed by atoms with Crippen LogP contribution in [0.4, 0.5) is 21.7 Å². The van der Waals surface area contributed by atoms with Gasteiger partial charge in [0.15, 0.2) is 0 Å². The third-order valence-electron chi connectivity index (χ3n) is 6.05. The molecule has 0 aliphatic carbocycles. The zero-order valence-electron chi connectivity index (χ0n) is 20.9. The number of aromatic nitrogens is 6. The lowest BCUT2D eigenvalue weighted by atomic mass is 10.1. The zero-order valence-corrected chi connectivity index (χ0v) is 21.7. The largest absolute Gasteiger partial charge is 0.494 e. The lowest BCUT2D eigenvalue weighted by Gasteiger charge is -2.30. The van der Waals surface area contributed by atoms with Crippen molar-refractivity contribution >= 4 is 28.9 Å². The number of rotatable bonds is 9. The molecule has 1 atom stereocenters. The number of hydrogen-bond acceptors (Lipinski definition) is 10. The van der Waals surface area contributed by atoms with Crippen LogP contribution in [0.1, 0.15) is 6.92 Å². The van der Waals surface area contributed by atoms with E-state index in [1.54, 1.807) is 36.3 Å². The van der Waals surface area contributed by atoms with E-state index in [0.29, 0.717) is 40.4 Å². The highest BCUT2D eigenvalue weighted by molar-refractivity contribution is 6.32. The molecule has 1 aliphatic heterocycles. The molecule has 4 aromatic rings. The van der Waals surface area contributed by atoms with Crippen LogP contribution in [0.25, 0.3) is 11.1 Å². The SMILES string of the molecule is COc1cc(N2CCNCC2)c(F)cc1Nc1ncc(-c2ccc(Cl)c(OC(C)Cn3cnnn3)c2)cn1. The van der Waals surface area contributed by atoms with Crippen LogP contribution in [0.3, 0.4) is 0 Å². The van der Waals surface area contributed by atoms with Crippen LogP contribution in [0.2, 0.25) is 5.02 Å². The van der Waals surface area contributed by atoms with E-state index in [9.17, 15) is 4.39 Å². The third kappa shape index (κ3) is 5.92. The molecule has 0 amide bonds. The van der Waals surface area contributed by atoms with Gasteiger partial charge in [0.2, 0.25) is 5.95 Å². The van der Waals surface area contributed by atoms with Crippen LogP contribution in [0.5, 0.6) is 11.5 Å². The number of nitrogens with one attached hydrogen (secondary N) is 2. The average Bonchev–Trinajstić information content (AvgIpc) is 3.44. The first-order chi connectivity index (χ1) is 18.5. The number of nitrogens with zero attached hydrogens (tertiary/aromatic N) is 7. The molecule has 2 N–H and O–H groups in total. The summed E-state index contributed by atoms with van der Waals surface area (Å²) in [6.07, 6.45) is 4.65. The predicted molar refractivity (Wildman–Crippen MR) is 142 cm³/mol. The molecule has 2 aromatic heterocycles. The molecule has 2 aromatic carbocycles. The number of piperazine rings is 1. The van der Waals surface area contributed by atoms with Gasteiger partial charge in [-0.15, -0.1) is 5.10 Å². The van der Waals surface area contributed by atoms with E-state index in [1.165, 1.54) is 12.4 Å². The lowest BCUT2D eigenvalue weighted by Crippen LogP contribution is -2.43. The summed E-state index contributed by atoms with van der Waals surface area (Å²) in [5.41, 5.74) is 2.54. The molecular weight excluding hydrogens is 513 g/mol. The summed E-state index contributed by atoms with van der Waals surface area (Å²) < 4.78 is 28.1. The normalized spacial score (nSPS) is 14.3. The van der Waals surface area contributed by atoms with Crippen LogP contribution < -0.4 is 25.0 Å². The average molecular weight is 540 g/mol. The highest BCUT2D eigenvalue weighted by atomic mass is 35.5. The van der Waals surface area contributed by atoms with Gasteiger partial charge in [-0.3, -0.25) is 0 Å². The zero-order chi connectivity index (χ0) is 26.5. The minimum absolute atomic E-state index is 0.220. The van der Waals surface area contributed by atoms with Gasteiger partial charge in [-0.1, -0.05) is 17.7 Å². The molecule has 0 radical (unpaired) electrons. The topological polar surface area (TPSA) is 115 Å². The fourth-order valence-electron chi connectivity index (χ4n) is 4.17. The van der Waals surface area contributed by atoms with E-state index in [4.69, 9.17) is 21.1 Å². The molecule has 0 bridgehead atoms. The van der Waals surface area contributed by atoms with Crippen LogP contribution in [-0.4, -0.2) is 69.6 Å². The molecule has 11 nitrogen and oxygen atoms in total. The van der Waals surface area contributed by atoms with Crippen molar-refractivity contribution in [2.75, 3.05) is 43.5 Å². The molecule has 1 saturated heterocycles. The van der Waals surface area contributed by atoms with Crippen LogP contribution in [0.15, 0.2) is 49.1 Å². The lowest BCUT2D eigenvalue weighted by molar-refractivity contribution is 0.193. The fourth-order valence-corrected chi connectivity index (χ4v) is 4.34. The molecule has 13 heteroatoms. The first-order valence-corrected chi connectivity index (χ1v) is 12.5. The molecule has 198 valence electrons. The Labute approximate surface area is 223 Å². The van der Waals surface area contributed by atoms with Gasteiger partial charge in [0.25, 0.3) is 0 Å².